The minimum Gasteiger partial charge on any atom is -0.373 e. The van der Waals surface area contributed by atoms with Gasteiger partial charge in [0.05, 0.1) is 0 Å². The van der Waals surface area contributed by atoms with Gasteiger partial charge in [-0.05, 0) is 47.2 Å². The predicted octanol–water partition coefficient (Wildman–Crippen LogP) is 3.14. The van der Waals surface area contributed by atoms with Crippen molar-refractivity contribution in [2.75, 3.05) is 17.1 Å². The third-order valence-corrected chi connectivity index (χ3v) is 5.27. The average molecular weight is 319 g/mol. The third kappa shape index (κ3) is 2.84. The lowest BCUT2D eigenvalue weighted by Gasteiger charge is -2.08. The molecule has 108 valence electrons. The highest BCUT2D eigenvalue weighted by Crippen LogP contribution is 2.25. The van der Waals surface area contributed by atoms with Crippen molar-refractivity contribution in [3.05, 3.63) is 48.0 Å². The zero-order valence-corrected chi connectivity index (χ0v) is 12.8. The lowest BCUT2D eigenvalue weighted by molar-refractivity contribution is 0.601. The Morgan fingerprint density at radius 2 is 2.00 bits per heavy atom. The van der Waals surface area contributed by atoms with E-state index in [1.165, 1.54) is 12.3 Å². The number of nitrogens with zero attached hydrogens (tertiary/aromatic N) is 1. The molecule has 3 aromatic rings. The van der Waals surface area contributed by atoms with Crippen molar-refractivity contribution in [3.63, 3.8) is 0 Å². The highest BCUT2D eigenvalue weighted by Gasteiger charge is 2.14. The van der Waals surface area contributed by atoms with Crippen LogP contribution in [0.15, 0.2) is 52.9 Å². The Balaban J connectivity index is 1.90. The van der Waals surface area contributed by atoms with E-state index in [0.717, 1.165) is 10.1 Å². The van der Waals surface area contributed by atoms with Crippen molar-refractivity contribution in [2.45, 2.75) is 4.90 Å². The van der Waals surface area contributed by atoms with Gasteiger partial charge in [0, 0.05) is 23.6 Å². The Morgan fingerprint density at radius 1 is 1.14 bits per heavy atom. The minimum atomic E-state index is -3.63. The Labute approximate surface area is 126 Å². The Hall–Kier alpha value is -2.12. The molecule has 0 amide bonds. The Kier molecular flexibility index (Phi) is 3.52. The fourth-order valence-electron chi connectivity index (χ4n) is 1.93. The van der Waals surface area contributed by atoms with Crippen LogP contribution in [0.25, 0.3) is 10.1 Å². The molecule has 0 fully saturated rings. The van der Waals surface area contributed by atoms with Crippen molar-refractivity contribution in [2.24, 2.45) is 0 Å². The topological polar surface area (TPSA) is 71.1 Å². The molecule has 2 N–H and O–H groups in total. The van der Waals surface area contributed by atoms with Gasteiger partial charge < -0.3 is 5.32 Å². The lowest BCUT2D eigenvalue weighted by Crippen LogP contribution is -2.13. The first-order chi connectivity index (χ1) is 10.1. The van der Waals surface area contributed by atoms with Crippen LogP contribution in [-0.4, -0.2) is 20.4 Å². The molecule has 0 atom stereocenters. The second-order valence-electron chi connectivity index (χ2n) is 4.41. The highest BCUT2D eigenvalue weighted by molar-refractivity contribution is 7.92. The van der Waals surface area contributed by atoms with Crippen LogP contribution in [0, 0.1) is 0 Å². The summed E-state index contributed by atoms with van der Waals surface area (Å²) in [6.45, 7) is 0. The molecule has 0 unspecified atom stereocenters. The summed E-state index contributed by atoms with van der Waals surface area (Å²) >= 11 is 1.62. The SMILES string of the molecule is CNc1ccc(S(=O)(=O)Nc2ccc3sccc3c2)cn1. The zero-order chi connectivity index (χ0) is 14.9. The van der Waals surface area contributed by atoms with Crippen molar-refractivity contribution < 1.29 is 8.42 Å². The maximum absolute atomic E-state index is 12.3. The first-order valence-corrected chi connectivity index (χ1v) is 8.59. The molecule has 2 aromatic heterocycles. The molecule has 2 heterocycles. The highest BCUT2D eigenvalue weighted by atomic mass is 32.2. The number of nitrogens with one attached hydrogen (secondary N) is 2. The number of aromatic nitrogens is 1. The molecule has 7 heteroatoms. The van der Waals surface area contributed by atoms with E-state index in [4.69, 9.17) is 0 Å². The van der Waals surface area contributed by atoms with Crippen molar-refractivity contribution in [1.29, 1.82) is 0 Å². The molecule has 0 aliphatic heterocycles. The van der Waals surface area contributed by atoms with E-state index in [2.05, 4.69) is 15.0 Å². The van der Waals surface area contributed by atoms with Gasteiger partial charge in [0.15, 0.2) is 0 Å². The van der Waals surface area contributed by atoms with Gasteiger partial charge in [0.25, 0.3) is 10.0 Å². The van der Waals surface area contributed by atoms with Crippen molar-refractivity contribution in [1.82, 2.24) is 4.98 Å². The maximum atomic E-state index is 12.3. The van der Waals surface area contributed by atoms with Crippen LogP contribution in [0.3, 0.4) is 0 Å². The number of pyridine rings is 1. The van der Waals surface area contributed by atoms with Gasteiger partial charge in [-0.2, -0.15) is 0 Å². The van der Waals surface area contributed by atoms with Crippen molar-refractivity contribution >= 4 is 43.0 Å². The standard InChI is InChI=1S/C14H13N3O2S2/c1-15-14-5-3-12(9-16-14)21(18,19)17-11-2-4-13-10(8-11)6-7-20-13/h2-9,17H,1H3,(H,15,16). The molecular weight excluding hydrogens is 306 g/mol. The van der Waals surface area contributed by atoms with E-state index in [0.29, 0.717) is 11.5 Å². The molecule has 0 bridgehead atoms. The summed E-state index contributed by atoms with van der Waals surface area (Å²) in [5.74, 6) is 0.619. The van der Waals surface area contributed by atoms with Gasteiger partial charge in [0.2, 0.25) is 0 Å². The zero-order valence-electron chi connectivity index (χ0n) is 11.2. The van der Waals surface area contributed by atoms with Crippen LogP contribution >= 0.6 is 11.3 Å². The molecule has 0 saturated carbocycles. The summed E-state index contributed by atoms with van der Waals surface area (Å²) in [5, 5.41) is 5.84. The van der Waals surface area contributed by atoms with Gasteiger partial charge in [-0.25, -0.2) is 13.4 Å². The monoisotopic (exact) mass is 319 g/mol. The maximum Gasteiger partial charge on any atom is 0.263 e. The smallest absolute Gasteiger partial charge is 0.263 e. The number of anilines is 2. The first-order valence-electron chi connectivity index (χ1n) is 6.22. The first kappa shape index (κ1) is 13.8. The fraction of sp³-hybridized carbons (Fsp3) is 0.0714. The van der Waals surface area contributed by atoms with Gasteiger partial charge in [-0.3, -0.25) is 4.72 Å². The average Bonchev–Trinajstić information content (AvgIpc) is 2.94. The lowest BCUT2D eigenvalue weighted by atomic mass is 10.2. The van der Waals surface area contributed by atoms with E-state index < -0.39 is 10.0 Å². The van der Waals surface area contributed by atoms with Crippen LogP contribution in [0.5, 0.6) is 0 Å². The van der Waals surface area contributed by atoms with Crippen LogP contribution in [0.4, 0.5) is 11.5 Å². The van der Waals surface area contributed by atoms with E-state index in [1.807, 2.05) is 23.6 Å². The number of fused-ring (bicyclic) bond motifs is 1. The molecule has 0 spiro atoms. The van der Waals surface area contributed by atoms with Crippen LogP contribution in [0.1, 0.15) is 0 Å². The molecular formula is C14H13N3O2S2. The van der Waals surface area contributed by atoms with Gasteiger partial charge in [0.1, 0.15) is 10.7 Å². The third-order valence-electron chi connectivity index (χ3n) is 3.01. The summed E-state index contributed by atoms with van der Waals surface area (Å²) in [6, 6.07) is 10.6. The summed E-state index contributed by atoms with van der Waals surface area (Å²) < 4.78 is 28.3. The molecule has 1 aromatic carbocycles. The summed E-state index contributed by atoms with van der Waals surface area (Å²) in [4.78, 5) is 4.15. The number of benzene rings is 1. The van der Waals surface area contributed by atoms with E-state index >= 15 is 0 Å². The summed E-state index contributed by atoms with van der Waals surface area (Å²) in [5.41, 5.74) is 0.540. The molecule has 0 radical (unpaired) electrons. The van der Waals surface area contributed by atoms with E-state index in [-0.39, 0.29) is 4.90 Å². The van der Waals surface area contributed by atoms with Crippen LogP contribution in [0.2, 0.25) is 0 Å². The van der Waals surface area contributed by atoms with Crippen LogP contribution in [-0.2, 0) is 10.0 Å². The molecule has 0 aliphatic rings. The number of hydrogen-bond acceptors (Lipinski definition) is 5. The quantitative estimate of drug-likeness (QED) is 0.775. The van der Waals surface area contributed by atoms with Gasteiger partial charge in [-0.1, -0.05) is 0 Å². The number of sulfonamides is 1. The molecule has 0 aliphatic carbocycles. The second-order valence-corrected chi connectivity index (χ2v) is 7.04. The number of thiophene rings is 1. The second kappa shape index (κ2) is 5.34. The van der Waals surface area contributed by atoms with Crippen molar-refractivity contribution in [3.8, 4) is 0 Å². The molecule has 5 nitrogen and oxygen atoms in total. The largest absolute Gasteiger partial charge is 0.373 e. The van der Waals surface area contributed by atoms with E-state index in [1.54, 1.807) is 30.5 Å². The molecule has 0 saturated heterocycles. The molecule has 21 heavy (non-hydrogen) atoms. The number of rotatable bonds is 4. The van der Waals surface area contributed by atoms with Gasteiger partial charge in [-0.15, -0.1) is 11.3 Å². The predicted molar refractivity (Wildman–Crippen MR) is 86.4 cm³/mol. The summed E-state index contributed by atoms with van der Waals surface area (Å²) in [6.07, 6.45) is 1.33. The normalized spacial score (nSPS) is 11.5. The molecule has 3 rings (SSSR count). The minimum absolute atomic E-state index is 0.131. The fourth-order valence-corrected chi connectivity index (χ4v) is 3.70. The Bertz CT molecular complexity index is 871. The summed E-state index contributed by atoms with van der Waals surface area (Å²) in [7, 11) is -1.90. The van der Waals surface area contributed by atoms with E-state index in [9.17, 15) is 8.42 Å². The Morgan fingerprint density at radius 3 is 2.71 bits per heavy atom. The van der Waals surface area contributed by atoms with Crippen LogP contribution < -0.4 is 10.0 Å². The van der Waals surface area contributed by atoms with Gasteiger partial charge >= 0.3 is 0 Å². The number of hydrogen-bond donors (Lipinski definition) is 2.